The predicted molar refractivity (Wildman–Crippen MR) is 88.7 cm³/mol. The summed E-state index contributed by atoms with van der Waals surface area (Å²) in [5.74, 6) is 1.63. The van der Waals surface area contributed by atoms with E-state index in [2.05, 4.69) is 17.7 Å². The van der Waals surface area contributed by atoms with Gasteiger partial charge in [-0.25, -0.2) is 4.98 Å². The zero-order valence-corrected chi connectivity index (χ0v) is 12.7. The van der Waals surface area contributed by atoms with Crippen molar-refractivity contribution in [3.8, 4) is 0 Å². The number of para-hydroxylation sites is 2. The van der Waals surface area contributed by atoms with Gasteiger partial charge in [0.05, 0.1) is 11.0 Å². The van der Waals surface area contributed by atoms with Crippen LogP contribution in [0.15, 0.2) is 49.6 Å². The molecule has 1 heterocycles. The molecule has 1 aromatic heterocycles. The summed E-state index contributed by atoms with van der Waals surface area (Å²) in [5.41, 5.74) is 2.01. The fourth-order valence-electron chi connectivity index (χ4n) is 2.74. The molecule has 1 amide bonds. The summed E-state index contributed by atoms with van der Waals surface area (Å²) in [5, 5.41) is 0. The second-order valence-electron chi connectivity index (χ2n) is 5.70. The largest absolute Gasteiger partial charge is 0.334 e. The lowest BCUT2D eigenvalue weighted by Gasteiger charge is -2.20. The van der Waals surface area contributed by atoms with E-state index >= 15 is 0 Å². The first-order valence-corrected chi connectivity index (χ1v) is 7.69. The van der Waals surface area contributed by atoms with Gasteiger partial charge in [0.1, 0.15) is 12.4 Å². The Morgan fingerprint density at radius 2 is 1.95 bits per heavy atom. The molecule has 4 heteroatoms. The van der Waals surface area contributed by atoms with Gasteiger partial charge in [0, 0.05) is 19.0 Å². The van der Waals surface area contributed by atoms with Gasteiger partial charge in [0.2, 0.25) is 5.91 Å². The Labute approximate surface area is 130 Å². The summed E-state index contributed by atoms with van der Waals surface area (Å²) in [7, 11) is 0. The first-order valence-electron chi connectivity index (χ1n) is 7.69. The van der Waals surface area contributed by atoms with Crippen molar-refractivity contribution < 1.29 is 4.79 Å². The van der Waals surface area contributed by atoms with Crippen LogP contribution in [0.3, 0.4) is 0 Å². The fourth-order valence-corrected chi connectivity index (χ4v) is 2.74. The van der Waals surface area contributed by atoms with E-state index in [9.17, 15) is 4.79 Å². The van der Waals surface area contributed by atoms with Crippen molar-refractivity contribution in [3.05, 3.63) is 55.4 Å². The van der Waals surface area contributed by atoms with Crippen molar-refractivity contribution in [2.45, 2.75) is 25.3 Å². The Hall–Kier alpha value is -2.36. The second kappa shape index (κ2) is 6.18. The molecule has 0 N–H and O–H groups in total. The zero-order chi connectivity index (χ0) is 15.5. The number of carbonyl (C=O) groups is 1. The van der Waals surface area contributed by atoms with Crippen LogP contribution in [0.5, 0.6) is 0 Å². The van der Waals surface area contributed by atoms with E-state index in [1.54, 1.807) is 17.1 Å². The molecule has 22 heavy (non-hydrogen) atoms. The number of fused-ring (bicyclic) bond motifs is 1. The van der Waals surface area contributed by atoms with Crippen LogP contribution in [0.1, 0.15) is 24.6 Å². The van der Waals surface area contributed by atoms with Gasteiger partial charge in [-0.2, -0.15) is 0 Å². The number of hydrogen-bond acceptors (Lipinski definition) is 2. The molecule has 0 bridgehead atoms. The van der Waals surface area contributed by atoms with E-state index in [-0.39, 0.29) is 5.91 Å². The molecule has 1 saturated carbocycles. The maximum Gasteiger partial charge on any atom is 0.243 e. The highest BCUT2D eigenvalue weighted by molar-refractivity contribution is 5.81. The third-order valence-corrected chi connectivity index (χ3v) is 3.97. The van der Waals surface area contributed by atoms with Crippen LogP contribution in [0.2, 0.25) is 0 Å². The van der Waals surface area contributed by atoms with Gasteiger partial charge in [-0.15, -0.1) is 13.2 Å². The zero-order valence-electron chi connectivity index (χ0n) is 12.7. The number of benzene rings is 1. The summed E-state index contributed by atoms with van der Waals surface area (Å²) < 4.78 is 2.08. The maximum atomic E-state index is 12.6. The normalized spacial score (nSPS) is 14.0. The number of imidazole rings is 1. The number of rotatable bonds is 7. The average Bonchev–Trinajstić information content (AvgIpc) is 3.30. The van der Waals surface area contributed by atoms with Crippen LogP contribution in [-0.4, -0.2) is 33.4 Å². The minimum Gasteiger partial charge on any atom is -0.334 e. The molecule has 114 valence electrons. The molecule has 1 aliphatic carbocycles. The molecule has 1 aromatic carbocycles. The van der Waals surface area contributed by atoms with Crippen LogP contribution in [0.4, 0.5) is 0 Å². The Bertz CT molecular complexity index is 702. The Morgan fingerprint density at radius 3 is 2.59 bits per heavy atom. The van der Waals surface area contributed by atoms with Crippen LogP contribution in [0, 0.1) is 0 Å². The average molecular weight is 295 g/mol. The summed E-state index contributed by atoms with van der Waals surface area (Å²) in [6, 6.07) is 8.02. The highest BCUT2D eigenvalue weighted by Gasteiger charge is 2.30. The molecular formula is C18H21N3O. The molecule has 3 rings (SSSR count). The van der Waals surface area contributed by atoms with E-state index in [1.807, 2.05) is 24.3 Å². The predicted octanol–water partition coefficient (Wildman–Crippen LogP) is 3.11. The van der Waals surface area contributed by atoms with Crippen LogP contribution >= 0.6 is 0 Å². The highest BCUT2D eigenvalue weighted by atomic mass is 16.2. The first-order chi connectivity index (χ1) is 10.7. The first kappa shape index (κ1) is 14.6. The quantitative estimate of drug-likeness (QED) is 0.736. The molecule has 1 fully saturated rings. The molecule has 0 radical (unpaired) electrons. The molecule has 0 aliphatic heterocycles. The third-order valence-electron chi connectivity index (χ3n) is 3.97. The number of nitrogens with zero attached hydrogens (tertiary/aromatic N) is 3. The van der Waals surface area contributed by atoms with Crippen molar-refractivity contribution in [1.82, 2.24) is 14.5 Å². The van der Waals surface area contributed by atoms with Crippen molar-refractivity contribution in [2.75, 3.05) is 13.1 Å². The second-order valence-corrected chi connectivity index (χ2v) is 5.70. The SMILES string of the molecule is C=CCN(CC=C)C(=O)Cn1c(C2CC2)nc2ccccc21. The Balaban J connectivity index is 1.91. The highest BCUT2D eigenvalue weighted by Crippen LogP contribution is 2.40. The minimum atomic E-state index is 0.0739. The van der Waals surface area contributed by atoms with Gasteiger partial charge in [0.15, 0.2) is 0 Å². The van der Waals surface area contributed by atoms with Crippen LogP contribution in [0.25, 0.3) is 11.0 Å². The van der Waals surface area contributed by atoms with Crippen LogP contribution in [-0.2, 0) is 11.3 Å². The number of aromatic nitrogens is 2. The summed E-state index contributed by atoms with van der Waals surface area (Å²) in [6.45, 7) is 8.84. The van der Waals surface area contributed by atoms with Crippen molar-refractivity contribution >= 4 is 16.9 Å². The summed E-state index contributed by atoms with van der Waals surface area (Å²) in [4.78, 5) is 19.1. The van der Waals surface area contributed by atoms with Crippen molar-refractivity contribution in [3.63, 3.8) is 0 Å². The van der Waals surface area contributed by atoms with Crippen molar-refractivity contribution in [2.24, 2.45) is 0 Å². The van der Waals surface area contributed by atoms with E-state index in [0.717, 1.165) is 16.9 Å². The Kier molecular flexibility index (Phi) is 4.09. The number of amides is 1. The standard InChI is InChI=1S/C18H21N3O/c1-3-11-20(12-4-2)17(22)13-21-16-8-6-5-7-15(16)19-18(21)14-9-10-14/h3-8,14H,1-2,9-13H2. The molecule has 0 atom stereocenters. The van der Waals surface area contributed by atoms with Gasteiger partial charge in [-0.05, 0) is 25.0 Å². The third kappa shape index (κ3) is 2.82. The van der Waals surface area contributed by atoms with E-state index in [1.165, 1.54) is 12.8 Å². The van der Waals surface area contributed by atoms with E-state index < -0.39 is 0 Å². The molecular weight excluding hydrogens is 274 g/mol. The lowest BCUT2D eigenvalue weighted by molar-refractivity contribution is -0.130. The van der Waals surface area contributed by atoms with Gasteiger partial charge in [-0.1, -0.05) is 24.3 Å². The summed E-state index contributed by atoms with van der Waals surface area (Å²) >= 11 is 0. The topological polar surface area (TPSA) is 38.1 Å². The minimum absolute atomic E-state index is 0.0739. The molecule has 4 nitrogen and oxygen atoms in total. The van der Waals surface area contributed by atoms with Gasteiger partial charge in [0.25, 0.3) is 0 Å². The Morgan fingerprint density at radius 1 is 1.27 bits per heavy atom. The molecule has 0 unspecified atom stereocenters. The van der Waals surface area contributed by atoms with Gasteiger partial charge >= 0.3 is 0 Å². The van der Waals surface area contributed by atoms with Gasteiger partial charge in [-0.3, -0.25) is 4.79 Å². The van der Waals surface area contributed by atoms with E-state index in [4.69, 9.17) is 4.98 Å². The monoisotopic (exact) mass is 295 g/mol. The van der Waals surface area contributed by atoms with Crippen molar-refractivity contribution in [1.29, 1.82) is 0 Å². The molecule has 0 saturated heterocycles. The molecule has 2 aromatic rings. The summed E-state index contributed by atoms with van der Waals surface area (Å²) in [6.07, 6.45) is 5.82. The van der Waals surface area contributed by atoms with E-state index in [0.29, 0.717) is 25.6 Å². The lowest BCUT2D eigenvalue weighted by Crippen LogP contribution is -2.34. The lowest BCUT2D eigenvalue weighted by atomic mass is 10.3. The smallest absolute Gasteiger partial charge is 0.243 e. The number of carbonyl (C=O) groups excluding carboxylic acids is 1. The maximum absolute atomic E-state index is 12.6. The number of hydrogen-bond donors (Lipinski definition) is 0. The molecule has 1 aliphatic rings. The molecule has 0 spiro atoms. The van der Waals surface area contributed by atoms with Gasteiger partial charge < -0.3 is 9.47 Å². The van der Waals surface area contributed by atoms with Crippen LogP contribution < -0.4 is 0 Å². The fraction of sp³-hybridized carbons (Fsp3) is 0.333.